The molecule has 0 atom stereocenters. The summed E-state index contributed by atoms with van der Waals surface area (Å²) in [5.41, 5.74) is 2.77. The van der Waals surface area contributed by atoms with Crippen molar-refractivity contribution >= 4 is 50.0 Å². The third kappa shape index (κ3) is 3.03. The fourth-order valence-electron chi connectivity index (χ4n) is 3.58. The van der Waals surface area contributed by atoms with Crippen molar-refractivity contribution < 1.29 is 4.79 Å². The van der Waals surface area contributed by atoms with Crippen molar-refractivity contribution in [1.82, 2.24) is 24.8 Å². The maximum absolute atomic E-state index is 12.8. The van der Waals surface area contributed by atoms with Gasteiger partial charge in [-0.25, -0.2) is 9.97 Å². The summed E-state index contributed by atoms with van der Waals surface area (Å²) < 4.78 is 0.871. The Bertz CT molecular complexity index is 1230. The number of carbonyl (C=O) groups excluding carboxylic acids is 1. The fourth-order valence-corrected chi connectivity index (χ4v) is 4.36. The van der Waals surface area contributed by atoms with Gasteiger partial charge in [0.25, 0.3) is 5.91 Å². The molecule has 1 amide bonds. The van der Waals surface area contributed by atoms with Crippen LogP contribution >= 0.6 is 11.3 Å². The van der Waals surface area contributed by atoms with Gasteiger partial charge in [-0.1, -0.05) is 11.3 Å². The summed E-state index contributed by atoms with van der Waals surface area (Å²) in [4.78, 5) is 40.6. The average molecular weight is 394 g/mol. The molecule has 28 heavy (non-hydrogen) atoms. The highest BCUT2D eigenvalue weighted by Gasteiger charge is 2.21. The van der Waals surface area contributed by atoms with E-state index in [0.717, 1.165) is 58.6 Å². The number of nitrogens with one attached hydrogen (secondary N) is 3. The molecule has 4 heterocycles. The van der Waals surface area contributed by atoms with Crippen LogP contribution in [0.15, 0.2) is 35.4 Å². The van der Waals surface area contributed by atoms with Gasteiger partial charge in [-0.15, -0.1) is 0 Å². The Morgan fingerprint density at radius 3 is 2.82 bits per heavy atom. The standard InChI is InChI=1S/C19H18N6O2S/c26-18(25-6-2-1-3-7-25)14-9-12-16(20-10-21-17(12)23-14)22-11-4-5-13-15(8-11)28-19(27)24-13/h4-5,8-10H,1-3,6-7H2,(H,24,27)(H2,20,21,22,23). The van der Waals surface area contributed by atoms with E-state index in [9.17, 15) is 9.59 Å². The number of piperidine rings is 1. The summed E-state index contributed by atoms with van der Waals surface area (Å²) in [7, 11) is 0. The first-order valence-electron chi connectivity index (χ1n) is 9.20. The lowest BCUT2D eigenvalue weighted by Gasteiger charge is -2.26. The lowest BCUT2D eigenvalue weighted by molar-refractivity contribution is 0.0719. The normalized spacial score (nSPS) is 14.6. The monoisotopic (exact) mass is 394 g/mol. The average Bonchev–Trinajstić information content (AvgIpc) is 3.31. The van der Waals surface area contributed by atoms with Gasteiger partial charge in [-0.05, 0) is 43.5 Å². The first-order chi connectivity index (χ1) is 13.7. The Labute approximate surface area is 163 Å². The number of carbonyl (C=O) groups is 1. The van der Waals surface area contributed by atoms with Gasteiger partial charge < -0.3 is 20.2 Å². The Morgan fingerprint density at radius 2 is 1.96 bits per heavy atom. The Morgan fingerprint density at radius 1 is 1.11 bits per heavy atom. The van der Waals surface area contributed by atoms with Crippen LogP contribution in [-0.2, 0) is 0 Å². The van der Waals surface area contributed by atoms with Crippen molar-refractivity contribution in [1.29, 1.82) is 0 Å². The number of rotatable bonds is 3. The molecule has 4 aromatic rings. The van der Waals surface area contributed by atoms with Crippen LogP contribution in [0.4, 0.5) is 11.5 Å². The zero-order valence-corrected chi connectivity index (χ0v) is 15.8. The van der Waals surface area contributed by atoms with E-state index in [4.69, 9.17) is 0 Å². The second-order valence-electron chi connectivity index (χ2n) is 6.87. The molecular formula is C19H18N6O2S. The summed E-state index contributed by atoms with van der Waals surface area (Å²) in [5, 5.41) is 4.03. The number of hydrogen-bond acceptors (Lipinski definition) is 6. The smallest absolute Gasteiger partial charge is 0.305 e. The van der Waals surface area contributed by atoms with E-state index in [1.807, 2.05) is 29.2 Å². The predicted octanol–water partition coefficient (Wildman–Crippen LogP) is 3.23. The Hall–Kier alpha value is -3.20. The van der Waals surface area contributed by atoms with Crippen LogP contribution < -0.4 is 10.2 Å². The minimum atomic E-state index is -0.0805. The third-order valence-corrected chi connectivity index (χ3v) is 5.83. The van der Waals surface area contributed by atoms with Crippen molar-refractivity contribution in [3.05, 3.63) is 46.0 Å². The number of anilines is 2. The number of likely N-dealkylation sites (tertiary alicyclic amines) is 1. The predicted molar refractivity (Wildman–Crippen MR) is 109 cm³/mol. The van der Waals surface area contributed by atoms with E-state index in [-0.39, 0.29) is 10.8 Å². The lowest BCUT2D eigenvalue weighted by atomic mass is 10.1. The van der Waals surface area contributed by atoms with E-state index in [1.54, 1.807) is 0 Å². The lowest BCUT2D eigenvalue weighted by Crippen LogP contribution is -2.35. The van der Waals surface area contributed by atoms with Crippen LogP contribution in [0.25, 0.3) is 21.3 Å². The number of H-pyrrole nitrogens is 2. The summed E-state index contributed by atoms with van der Waals surface area (Å²) in [6.45, 7) is 1.59. The molecule has 1 aliphatic heterocycles. The maximum Gasteiger partial charge on any atom is 0.305 e. The zero-order valence-electron chi connectivity index (χ0n) is 15.0. The second-order valence-corrected chi connectivity index (χ2v) is 7.89. The van der Waals surface area contributed by atoms with Crippen molar-refractivity contribution in [2.24, 2.45) is 0 Å². The molecule has 0 spiro atoms. The van der Waals surface area contributed by atoms with Crippen LogP contribution in [0.2, 0.25) is 0 Å². The molecule has 0 radical (unpaired) electrons. The minimum Gasteiger partial charge on any atom is -0.340 e. The Balaban J connectivity index is 1.47. The molecular weight excluding hydrogens is 376 g/mol. The highest BCUT2D eigenvalue weighted by Crippen LogP contribution is 2.27. The van der Waals surface area contributed by atoms with Gasteiger partial charge in [-0.3, -0.25) is 9.59 Å². The van der Waals surface area contributed by atoms with E-state index in [0.29, 0.717) is 17.2 Å². The summed E-state index contributed by atoms with van der Waals surface area (Å²) in [6.07, 6.45) is 4.73. The van der Waals surface area contributed by atoms with Gasteiger partial charge in [0.1, 0.15) is 23.5 Å². The number of aromatic amines is 2. The Kier molecular flexibility index (Phi) is 4.09. The minimum absolute atomic E-state index is 0.00201. The second kappa shape index (κ2) is 6.75. The van der Waals surface area contributed by atoms with E-state index in [1.165, 1.54) is 12.7 Å². The van der Waals surface area contributed by atoms with Gasteiger partial charge in [0, 0.05) is 18.8 Å². The van der Waals surface area contributed by atoms with Crippen molar-refractivity contribution in [3.63, 3.8) is 0 Å². The number of thiazole rings is 1. The summed E-state index contributed by atoms with van der Waals surface area (Å²) >= 11 is 1.16. The van der Waals surface area contributed by atoms with E-state index in [2.05, 4.69) is 25.3 Å². The van der Waals surface area contributed by atoms with Crippen LogP contribution in [0, 0.1) is 0 Å². The van der Waals surface area contributed by atoms with Crippen LogP contribution in [0.5, 0.6) is 0 Å². The molecule has 1 saturated heterocycles. The largest absolute Gasteiger partial charge is 0.340 e. The van der Waals surface area contributed by atoms with Gasteiger partial charge in [-0.2, -0.15) is 0 Å². The molecule has 3 N–H and O–H groups in total. The first kappa shape index (κ1) is 16.9. The number of benzene rings is 1. The molecule has 0 saturated carbocycles. The van der Waals surface area contributed by atoms with Gasteiger partial charge in [0.2, 0.25) is 0 Å². The number of fused-ring (bicyclic) bond motifs is 2. The molecule has 9 heteroatoms. The summed E-state index contributed by atoms with van der Waals surface area (Å²) in [5.74, 6) is 0.614. The number of amides is 1. The highest BCUT2D eigenvalue weighted by atomic mass is 32.1. The first-order valence-corrected chi connectivity index (χ1v) is 10.0. The van der Waals surface area contributed by atoms with Gasteiger partial charge in [0.15, 0.2) is 0 Å². The van der Waals surface area contributed by atoms with Crippen molar-refractivity contribution in [3.8, 4) is 0 Å². The third-order valence-electron chi connectivity index (χ3n) is 4.98. The molecule has 1 aliphatic rings. The number of hydrogen-bond donors (Lipinski definition) is 3. The molecule has 8 nitrogen and oxygen atoms in total. The molecule has 3 aromatic heterocycles. The highest BCUT2D eigenvalue weighted by molar-refractivity contribution is 7.16. The van der Waals surface area contributed by atoms with E-state index >= 15 is 0 Å². The SMILES string of the molecule is O=C(c1cc2c(Nc3ccc4[nH]c(=O)sc4c3)ncnc2[nH]1)N1CCCCC1. The number of aromatic nitrogens is 4. The molecule has 1 fully saturated rings. The molecule has 0 bridgehead atoms. The quantitative estimate of drug-likeness (QED) is 0.495. The maximum atomic E-state index is 12.8. The van der Waals surface area contributed by atoms with Gasteiger partial charge in [0.05, 0.1) is 15.6 Å². The fraction of sp³-hybridized carbons (Fsp3) is 0.263. The molecule has 142 valence electrons. The van der Waals surface area contributed by atoms with Crippen molar-refractivity contribution in [2.45, 2.75) is 19.3 Å². The van der Waals surface area contributed by atoms with Crippen LogP contribution in [-0.4, -0.2) is 43.8 Å². The molecule has 0 unspecified atom stereocenters. The summed E-state index contributed by atoms with van der Waals surface area (Å²) in [6, 6.07) is 7.45. The van der Waals surface area contributed by atoms with Crippen molar-refractivity contribution in [2.75, 3.05) is 18.4 Å². The van der Waals surface area contributed by atoms with Crippen LogP contribution in [0.3, 0.4) is 0 Å². The molecule has 1 aromatic carbocycles. The van der Waals surface area contributed by atoms with Crippen LogP contribution in [0.1, 0.15) is 29.8 Å². The molecule has 0 aliphatic carbocycles. The topological polar surface area (TPSA) is 107 Å². The van der Waals surface area contributed by atoms with E-state index < -0.39 is 0 Å². The molecule has 5 rings (SSSR count). The zero-order chi connectivity index (χ0) is 19.1. The van der Waals surface area contributed by atoms with Gasteiger partial charge >= 0.3 is 4.87 Å². The number of nitrogens with zero attached hydrogens (tertiary/aromatic N) is 3.